The van der Waals surface area contributed by atoms with Crippen LogP contribution in [0.25, 0.3) is 0 Å². The monoisotopic (exact) mass is 243 g/mol. The van der Waals surface area contributed by atoms with E-state index in [1.54, 1.807) is 12.4 Å². The standard InChI is InChI=1S/C14H17N3O/c1-12-14(5-3-7-17-12)18-9-8-16-11-13-4-2-6-15-10-13/h2-7,10,16H,8-9,11H2,1H3. The molecule has 0 atom stereocenters. The molecule has 2 rings (SSSR count). The summed E-state index contributed by atoms with van der Waals surface area (Å²) in [5.41, 5.74) is 2.10. The number of nitrogens with one attached hydrogen (secondary N) is 1. The quantitative estimate of drug-likeness (QED) is 0.788. The molecular weight excluding hydrogens is 226 g/mol. The van der Waals surface area contributed by atoms with E-state index in [0.29, 0.717) is 6.61 Å². The highest BCUT2D eigenvalue weighted by molar-refractivity contribution is 5.25. The molecule has 1 N–H and O–H groups in total. The Morgan fingerprint density at radius 2 is 2.11 bits per heavy atom. The lowest BCUT2D eigenvalue weighted by atomic mass is 10.3. The number of pyridine rings is 2. The molecule has 0 spiro atoms. The molecule has 18 heavy (non-hydrogen) atoms. The van der Waals surface area contributed by atoms with Crippen LogP contribution in [0.1, 0.15) is 11.3 Å². The molecule has 0 saturated heterocycles. The van der Waals surface area contributed by atoms with Crippen molar-refractivity contribution < 1.29 is 4.74 Å². The number of ether oxygens (including phenoxy) is 1. The zero-order valence-corrected chi connectivity index (χ0v) is 10.5. The Hall–Kier alpha value is -1.94. The third kappa shape index (κ3) is 3.82. The van der Waals surface area contributed by atoms with Gasteiger partial charge in [0.05, 0.1) is 5.69 Å². The topological polar surface area (TPSA) is 47.0 Å². The van der Waals surface area contributed by atoms with Crippen molar-refractivity contribution in [1.29, 1.82) is 0 Å². The lowest BCUT2D eigenvalue weighted by molar-refractivity contribution is 0.310. The first-order valence-electron chi connectivity index (χ1n) is 6.00. The van der Waals surface area contributed by atoms with Gasteiger partial charge in [-0.15, -0.1) is 0 Å². The summed E-state index contributed by atoms with van der Waals surface area (Å²) < 4.78 is 5.63. The molecule has 0 bridgehead atoms. The van der Waals surface area contributed by atoms with Gasteiger partial charge < -0.3 is 10.1 Å². The summed E-state index contributed by atoms with van der Waals surface area (Å²) in [4.78, 5) is 8.24. The second-order valence-corrected chi connectivity index (χ2v) is 3.97. The number of hydrogen-bond donors (Lipinski definition) is 1. The van der Waals surface area contributed by atoms with Gasteiger partial charge in [-0.05, 0) is 30.7 Å². The van der Waals surface area contributed by atoms with Crippen molar-refractivity contribution in [2.75, 3.05) is 13.2 Å². The van der Waals surface area contributed by atoms with Crippen LogP contribution in [0.15, 0.2) is 42.9 Å². The number of aryl methyl sites for hydroxylation is 1. The maximum absolute atomic E-state index is 5.63. The summed E-state index contributed by atoms with van der Waals surface area (Å²) in [6.07, 6.45) is 5.40. The molecule has 0 aliphatic heterocycles. The normalized spacial score (nSPS) is 10.3. The van der Waals surface area contributed by atoms with Gasteiger partial charge in [0.2, 0.25) is 0 Å². The molecular formula is C14H17N3O. The molecule has 4 nitrogen and oxygen atoms in total. The van der Waals surface area contributed by atoms with Crippen molar-refractivity contribution in [3.8, 4) is 5.75 Å². The van der Waals surface area contributed by atoms with Crippen molar-refractivity contribution in [3.05, 3.63) is 54.1 Å². The molecule has 0 unspecified atom stereocenters. The van der Waals surface area contributed by atoms with Crippen LogP contribution in [-0.2, 0) is 6.54 Å². The summed E-state index contributed by atoms with van der Waals surface area (Å²) in [7, 11) is 0. The first-order chi connectivity index (χ1) is 8.86. The van der Waals surface area contributed by atoms with Gasteiger partial charge in [0.1, 0.15) is 12.4 Å². The molecule has 4 heteroatoms. The van der Waals surface area contributed by atoms with Gasteiger partial charge in [0, 0.05) is 31.7 Å². The fraction of sp³-hybridized carbons (Fsp3) is 0.286. The molecule has 0 saturated carbocycles. The van der Waals surface area contributed by atoms with E-state index in [2.05, 4.69) is 15.3 Å². The van der Waals surface area contributed by atoms with Crippen LogP contribution in [0.2, 0.25) is 0 Å². The minimum atomic E-state index is 0.632. The van der Waals surface area contributed by atoms with Gasteiger partial charge in [-0.2, -0.15) is 0 Å². The number of nitrogens with zero attached hydrogens (tertiary/aromatic N) is 2. The van der Waals surface area contributed by atoms with Crippen LogP contribution in [-0.4, -0.2) is 23.1 Å². The van der Waals surface area contributed by atoms with Crippen molar-refractivity contribution in [1.82, 2.24) is 15.3 Å². The Morgan fingerprint density at radius 3 is 2.89 bits per heavy atom. The highest BCUT2D eigenvalue weighted by Gasteiger charge is 1.98. The van der Waals surface area contributed by atoms with E-state index in [1.165, 1.54) is 5.56 Å². The van der Waals surface area contributed by atoms with Crippen LogP contribution in [0.4, 0.5) is 0 Å². The van der Waals surface area contributed by atoms with E-state index in [1.807, 2.05) is 37.4 Å². The van der Waals surface area contributed by atoms with Gasteiger partial charge in [0.25, 0.3) is 0 Å². The Kier molecular flexibility index (Phi) is 4.67. The second kappa shape index (κ2) is 6.71. The third-order valence-electron chi connectivity index (χ3n) is 2.55. The first kappa shape index (κ1) is 12.5. The van der Waals surface area contributed by atoms with Crippen LogP contribution in [0, 0.1) is 6.92 Å². The summed E-state index contributed by atoms with van der Waals surface area (Å²) in [6, 6.07) is 7.80. The fourth-order valence-electron chi connectivity index (χ4n) is 1.59. The smallest absolute Gasteiger partial charge is 0.140 e. The highest BCUT2D eigenvalue weighted by atomic mass is 16.5. The molecule has 2 heterocycles. The van der Waals surface area contributed by atoms with E-state index in [-0.39, 0.29) is 0 Å². The molecule has 0 aliphatic carbocycles. The van der Waals surface area contributed by atoms with E-state index < -0.39 is 0 Å². The molecule has 94 valence electrons. The molecule has 0 aromatic carbocycles. The van der Waals surface area contributed by atoms with Crippen molar-refractivity contribution in [2.24, 2.45) is 0 Å². The zero-order chi connectivity index (χ0) is 12.6. The van der Waals surface area contributed by atoms with Crippen LogP contribution in [0.5, 0.6) is 5.75 Å². The molecule has 2 aromatic heterocycles. The molecule has 0 amide bonds. The lowest BCUT2D eigenvalue weighted by Gasteiger charge is -2.08. The Morgan fingerprint density at radius 1 is 1.22 bits per heavy atom. The number of hydrogen-bond acceptors (Lipinski definition) is 4. The SMILES string of the molecule is Cc1ncccc1OCCNCc1cccnc1. The largest absolute Gasteiger partial charge is 0.490 e. The summed E-state index contributed by atoms with van der Waals surface area (Å²) in [5.74, 6) is 0.848. The molecule has 0 fully saturated rings. The summed E-state index contributed by atoms with van der Waals surface area (Å²) in [5, 5.41) is 3.31. The molecule has 0 aliphatic rings. The first-order valence-corrected chi connectivity index (χ1v) is 6.00. The van der Waals surface area contributed by atoms with Gasteiger partial charge in [-0.25, -0.2) is 0 Å². The van der Waals surface area contributed by atoms with E-state index in [9.17, 15) is 0 Å². The van der Waals surface area contributed by atoms with Gasteiger partial charge in [-0.1, -0.05) is 6.07 Å². The maximum Gasteiger partial charge on any atom is 0.140 e. The van der Waals surface area contributed by atoms with Crippen molar-refractivity contribution in [2.45, 2.75) is 13.5 Å². The second-order valence-electron chi connectivity index (χ2n) is 3.97. The lowest BCUT2D eigenvalue weighted by Crippen LogP contribution is -2.20. The van der Waals surface area contributed by atoms with E-state index >= 15 is 0 Å². The minimum absolute atomic E-state index is 0.632. The van der Waals surface area contributed by atoms with Crippen LogP contribution in [0.3, 0.4) is 0 Å². The molecule has 0 radical (unpaired) electrons. The Bertz CT molecular complexity index is 473. The van der Waals surface area contributed by atoms with Gasteiger partial charge in [0.15, 0.2) is 0 Å². The fourth-order valence-corrected chi connectivity index (χ4v) is 1.59. The van der Waals surface area contributed by atoms with Crippen molar-refractivity contribution >= 4 is 0 Å². The highest BCUT2D eigenvalue weighted by Crippen LogP contribution is 2.12. The van der Waals surface area contributed by atoms with E-state index in [0.717, 1.165) is 24.5 Å². The predicted molar refractivity (Wildman–Crippen MR) is 70.4 cm³/mol. The average Bonchev–Trinajstić information content (AvgIpc) is 2.42. The Balaban J connectivity index is 1.66. The summed E-state index contributed by atoms with van der Waals surface area (Å²) >= 11 is 0. The Labute approximate surface area is 107 Å². The third-order valence-corrected chi connectivity index (χ3v) is 2.55. The van der Waals surface area contributed by atoms with Gasteiger partial charge >= 0.3 is 0 Å². The average molecular weight is 243 g/mol. The van der Waals surface area contributed by atoms with Crippen molar-refractivity contribution in [3.63, 3.8) is 0 Å². The maximum atomic E-state index is 5.63. The van der Waals surface area contributed by atoms with Crippen LogP contribution < -0.4 is 10.1 Å². The summed E-state index contributed by atoms with van der Waals surface area (Å²) in [6.45, 7) is 4.18. The molecule has 2 aromatic rings. The predicted octanol–water partition coefficient (Wildman–Crippen LogP) is 1.95. The van der Waals surface area contributed by atoms with E-state index in [4.69, 9.17) is 4.74 Å². The van der Waals surface area contributed by atoms with Crippen LogP contribution >= 0.6 is 0 Å². The number of rotatable bonds is 6. The zero-order valence-electron chi connectivity index (χ0n) is 10.5. The number of aromatic nitrogens is 2. The minimum Gasteiger partial charge on any atom is -0.490 e. The van der Waals surface area contributed by atoms with Gasteiger partial charge in [-0.3, -0.25) is 9.97 Å².